The minimum Gasteiger partial charge on any atom is -0.166 e. The van der Waals surface area contributed by atoms with E-state index in [4.69, 9.17) is 0 Å². The molecule has 102 valence electrons. The first-order chi connectivity index (χ1) is 8.67. The van der Waals surface area contributed by atoms with E-state index < -0.39 is 11.7 Å². The normalized spacial score (nSPS) is 12.9. The zero-order valence-corrected chi connectivity index (χ0v) is 11.3. The standard InChI is InChI=1S/C16H17F3/c1-15(2,3)10-12-6-4-5-11-7-8-13(9-14(11)12)16(17,18)19/h4-9H,10H2,1-3H3. The lowest BCUT2D eigenvalue weighted by Gasteiger charge is -2.20. The van der Waals surface area contributed by atoms with Gasteiger partial charge in [0.05, 0.1) is 5.56 Å². The van der Waals surface area contributed by atoms with E-state index in [1.807, 2.05) is 18.2 Å². The van der Waals surface area contributed by atoms with Crippen LogP contribution in [0.2, 0.25) is 0 Å². The Morgan fingerprint density at radius 2 is 1.63 bits per heavy atom. The Kier molecular flexibility index (Phi) is 3.33. The van der Waals surface area contributed by atoms with Gasteiger partial charge in [0, 0.05) is 0 Å². The van der Waals surface area contributed by atoms with Crippen LogP contribution in [-0.4, -0.2) is 0 Å². The van der Waals surface area contributed by atoms with Gasteiger partial charge in [0.1, 0.15) is 0 Å². The molecular formula is C16H17F3. The summed E-state index contributed by atoms with van der Waals surface area (Å²) in [6, 6.07) is 9.61. The summed E-state index contributed by atoms with van der Waals surface area (Å²) in [7, 11) is 0. The molecule has 0 radical (unpaired) electrons. The monoisotopic (exact) mass is 266 g/mol. The lowest BCUT2D eigenvalue weighted by Crippen LogP contribution is -2.10. The summed E-state index contributed by atoms with van der Waals surface area (Å²) < 4.78 is 38.4. The Morgan fingerprint density at radius 1 is 0.947 bits per heavy atom. The average molecular weight is 266 g/mol. The molecule has 0 heterocycles. The number of hydrogen-bond acceptors (Lipinski definition) is 0. The second-order valence-electron chi connectivity index (χ2n) is 6.09. The van der Waals surface area contributed by atoms with E-state index in [0.29, 0.717) is 5.39 Å². The highest BCUT2D eigenvalue weighted by molar-refractivity contribution is 5.86. The van der Waals surface area contributed by atoms with Crippen LogP contribution in [0.5, 0.6) is 0 Å². The SMILES string of the molecule is CC(C)(C)Cc1cccc2ccc(C(F)(F)F)cc12. The minimum absolute atomic E-state index is 0.0442. The maximum Gasteiger partial charge on any atom is 0.416 e. The predicted octanol–water partition coefficient (Wildman–Crippen LogP) is 5.45. The molecule has 0 saturated carbocycles. The van der Waals surface area contributed by atoms with E-state index in [9.17, 15) is 13.2 Å². The number of rotatable bonds is 1. The molecule has 2 rings (SSSR count). The summed E-state index contributed by atoms with van der Waals surface area (Å²) in [6.45, 7) is 6.25. The Labute approximate surface area is 111 Å². The summed E-state index contributed by atoms with van der Waals surface area (Å²) in [5.41, 5.74) is 0.431. The summed E-state index contributed by atoms with van der Waals surface area (Å²) in [4.78, 5) is 0. The van der Waals surface area contributed by atoms with Gasteiger partial charge in [0.2, 0.25) is 0 Å². The first-order valence-electron chi connectivity index (χ1n) is 6.26. The van der Waals surface area contributed by atoms with E-state index in [0.717, 1.165) is 23.4 Å². The molecule has 0 aliphatic rings. The van der Waals surface area contributed by atoms with Gasteiger partial charge in [-0.2, -0.15) is 13.2 Å². The fraction of sp³-hybridized carbons (Fsp3) is 0.375. The first-order valence-corrected chi connectivity index (χ1v) is 6.26. The Bertz CT molecular complexity index is 589. The van der Waals surface area contributed by atoms with Crippen molar-refractivity contribution in [3.05, 3.63) is 47.5 Å². The minimum atomic E-state index is -4.29. The zero-order valence-electron chi connectivity index (χ0n) is 11.3. The highest BCUT2D eigenvalue weighted by atomic mass is 19.4. The maximum atomic E-state index is 12.8. The molecule has 0 nitrogen and oxygen atoms in total. The van der Waals surface area contributed by atoms with Crippen LogP contribution in [0, 0.1) is 5.41 Å². The van der Waals surface area contributed by atoms with Crippen molar-refractivity contribution in [2.24, 2.45) is 5.41 Å². The van der Waals surface area contributed by atoms with Crippen LogP contribution >= 0.6 is 0 Å². The molecule has 0 amide bonds. The average Bonchev–Trinajstić information content (AvgIpc) is 2.25. The molecule has 0 aliphatic heterocycles. The van der Waals surface area contributed by atoms with Crippen LogP contribution < -0.4 is 0 Å². The summed E-state index contributed by atoms with van der Waals surface area (Å²) in [6.07, 6.45) is -3.53. The number of alkyl halides is 3. The van der Waals surface area contributed by atoms with Crippen LogP contribution in [0.4, 0.5) is 13.2 Å². The molecule has 0 spiro atoms. The van der Waals surface area contributed by atoms with Crippen molar-refractivity contribution < 1.29 is 13.2 Å². The lowest BCUT2D eigenvalue weighted by molar-refractivity contribution is -0.137. The molecule has 0 saturated heterocycles. The largest absolute Gasteiger partial charge is 0.416 e. The summed E-state index contributed by atoms with van der Waals surface area (Å²) >= 11 is 0. The van der Waals surface area contributed by atoms with Crippen LogP contribution in [-0.2, 0) is 12.6 Å². The third-order valence-corrected chi connectivity index (χ3v) is 3.02. The molecule has 0 aromatic heterocycles. The third-order valence-electron chi connectivity index (χ3n) is 3.02. The van der Waals surface area contributed by atoms with Gasteiger partial charge in [-0.3, -0.25) is 0 Å². The third kappa shape index (κ3) is 3.28. The topological polar surface area (TPSA) is 0 Å². The van der Waals surface area contributed by atoms with E-state index in [1.165, 1.54) is 6.07 Å². The summed E-state index contributed by atoms with van der Waals surface area (Å²) in [5.74, 6) is 0. The Hall–Kier alpha value is -1.51. The smallest absolute Gasteiger partial charge is 0.166 e. The molecule has 3 heteroatoms. The highest BCUT2D eigenvalue weighted by Gasteiger charge is 2.30. The number of halogens is 3. The fourth-order valence-corrected chi connectivity index (χ4v) is 2.24. The zero-order chi connectivity index (χ0) is 14.3. The van der Waals surface area contributed by atoms with Crippen molar-refractivity contribution in [3.63, 3.8) is 0 Å². The molecule has 2 aromatic rings. The van der Waals surface area contributed by atoms with Crippen LogP contribution in [0.3, 0.4) is 0 Å². The molecule has 2 aromatic carbocycles. The van der Waals surface area contributed by atoms with Gasteiger partial charge < -0.3 is 0 Å². The number of benzene rings is 2. The van der Waals surface area contributed by atoms with Crippen molar-refractivity contribution in [1.29, 1.82) is 0 Å². The van der Waals surface area contributed by atoms with Crippen LogP contribution in [0.1, 0.15) is 31.9 Å². The molecule has 0 aliphatic carbocycles. The van der Waals surface area contributed by atoms with Crippen molar-refractivity contribution in [3.8, 4) is 0 Å². The van der Waals surface area contributed by atoms with Crippen molar-refractivity contribution in [1.82, 2.24) is 0 Å². The fourth-order valence-electron chi connectivity index (χ4n) is 2.24. The predicted molar refractivity (Wildman–Crippen MR) is 72.1 cm³/mol. The van der Waals surface area contributed by atoms with E-state index >= 15 is 0 Å². The quantitative estimate of drug-likeness (QED) is 0.644. The molecule has 19 heavy (non-hydrogen) atoms. The first kappa shape index (κ1) is 13.9. The van der Waals surface area contributed by atoms with Gasteiger partial charge in [0.15, 0.2) is 0 Å². The van der Waals surface area contributed by atoms with Gasteiger partial charge in [-0.05, 0) is 40.3 Å². The molecule has 0 unspecified atom stereocenters. The maximum absolute atomic E-state index is 12.8. The van der Waals surface area contributed by atoms with Crippen LogP contribution in [0.15, 0.2) is 36.4 Å². The number of hydrogen-bond donors (Lipinski definition) is 0. The van der Waals surface area contributed by atoms with Crippen molar-refractivity contribution in [2.75, 3.05) is 0 Å². The van der Waals surface area contributed by atoms with Gasteiger partial charge in [-0.15, -0.1) is 0 Å². The van der Waals surface area contributed by atoms with E-state index in [-0.39, 0.29) is 5.41 Å². The second kappa shape index (κ2) is 4.55. The van der Waals surface area contributed by atoms with Gasteiger partial charge in [-0.25, -0.2) is 0 Å². The second-order valence-corrected chi connectivity index (χ2v) is 6.09. The lowest BCUT2D eigenvalue weighted by atomic mass is 9.86. The number of fused-ring (bicyclic) bond motifs is 1. The van der Waals surface area contributed by atoms with E-state index in [1.54, 1.807) is 6.07 Å². The van der Waals surface area contributed by atoms with E-state index in [2.05, 4.69) is 20.8 Å². The van der Waals surface area contributed by atoms with Gasteiger partial charge in [-0.1, -0.05) is 45.0 Å². The van der Waals surface area contributed by atoms with Gasteiger partial charge in [0.25, 0.3) is 0 Å². The molecule has 0 N–H and O–H groups in total. The highest BCUT2D eigenvalue weighted by Crippen LogP contribution is 2.33. The molecule has 0 atom stereocenters. The molecular weight excluding hydrogens is 249 g/mol. The summed E-state index contributed by atoms with van der Waals surface area (Å²) in [5, 5.41) is 1.56. The Morgan fingerprint density at radius 3 is 2.21 bits per heavy atom. The van der Waals surface area contributed by atoms with Gasteiger partial charge >= 0.3 is 6.18 Å². The van der Waals surface area contributed by atoms with Crippen molar-refractivity contribution in [2.45, 2.75) is 33.4 Å². The molecule has 0 bridgehead atoms. The van der Waals surface area contributed by atoms with Crippen LogP contribution in [0.25, 0.3) is 10.8 Å². The van der Waals surface area contributed by atoms with Crippen molar-refractivity contribution >= 4 is 10.8 Å². The Balaban J connectivity index is 2.59. The molecule has 0 fully saturated rings.